The summed E-state index contributed by atoms with van der Waals surface area (Å²) in [6.45, 7) is 7.61. The molecular formula is C49H29N7S. The van der Waals surface area contributed by atoms with Crippen LogP contribution in [0.1, 0.15) is 0 Å². The molecule has 7 nitrogen and oxygen atoms in total. The van der Waals surface area contributed by atoms with E-state index in [4.69, 9.17) is 36.5 Å². The molecule has 3 aromatic heterocycles. The largest absolute Gasteiger partial charge is 0.238 e. The van der Waals surface area contributed by atoms with Crippen LogP contribution in [0.4, 0.5) is 5.69 Å². The van der Waals surface area contributed by atoms with E-state index in [9.17, 15) is 0 Å². The summed E-state index contributed by atoms with van der Waals surface area (Å²) in [7, 11) is 0. The lowest BCUT2D eigenvalue weighted by Gasteiger charge is -2.10. The standard InChI is InChI=1S/C49H29N7S/c1-50-41-20-12-11-19-38(41)31-21-23-35(24-22-31)47-52-46(34-17-9-4-10-18-34)53-48(56-47)36-26-28-42-40(29-36)39-27-25-37(30-43(39)57-42)49-54-44(32-13-5-2-6-14-32)51-45(55-49)33-15-7-3-8-16-33/h2-30H. The Morgan fingerprint density at radius 2 is 0.737 bits per heavy atom. The molecule has 10 rings (SSSR count). The van der Waals surface area contributed by atoms with Crippen molar-refractivity contribution in [3.63, 3.8) is 0 Å². The van der Waals surface area contributed by atoms with E-state index in [0.29, 0.717) is 40.6 Å². The van der Waals surface area contributed by atoms with E-state index >= 15 is 0 Å². The minimum atomic E-state index is 0.575. The van der Waals surface area contributed by atoms with Gasteiger partial charge in [-0.25, -0.2) is 34.7 Å². The van der Waals surface area contributed by atoms with E-state index in [1.165, 1.54) is 0 Å². The molecule has 0 saturated carbocycles. The van der Waals surface area contributed by atoms with Crippen molar-refractivity contribution >= 4 is 37.2 Å². The molecule has 266 valence electrons. The number of fused-ring (bicyclic) bond motifs is 3. The highest BCUT2D eigenvalue weighted by atomic mass is 32.1. The number of benzene rings is 7. The van der Waals surface area contributed by atoms with Crippen LogP contribution in [0.2, 0.25) is 0 Å². The zero-order valence-electron chi connectivity index (χ0n) is 30.3. The number of aromatic nitrogens is 6. The molecule has 0 saturated heterocycles. The first-order chi connectivity index (χ1) is 28.2. The molecule has 7 aromatic carbocycles. The summed E-state index contributed by atoms with van der Waals surface area (Å²) >= 11 is 1.73. The second kappa shape index (κ2) is 14.5. The number of hydrogen-bond acceptors (Lipinski definition) is 7. The lowest BCUT2D eigenvalue weighted by molar-refractivity contribution is 1.07. The third-order valence-electron chi connectivity index (χ3n) is 9.83. The Balaban J connectivity index is 1.05. The number of para-hydroxylation sites is 1. The van der Waals surface area contributed by atoms with Crippen molar-refractivity contribution in [2.24, 2.45) is 0 Å². The van der Waals surface area contributed by atoms with Crippen LogP contribution >= 0.6 is 11.3 Å². The predicted octanol–water partition coefficient (Wildman–Crippen LogP) is 12.6. The second-order valence-electron chi connectivity index (χ2n) is 13.4. The Morgan fingerprint density at radius 1 is 0.333 bits per heavy atom. The third-order valence-corrected chi connectivity index (χ3v) is 11.0. The van der Waals surface area contributed by atoms with E-state index in [2.05, 4.69) is 41.2 Å². The van der Waals surface area contributed by atoms with E-state index in [1.54, 1.807) is 11.3 Å². The number of hydrogen-bond donors (Lipinski definition) is 0. The van der Waals surface area contributed by atoms with Crippen LogP contribution in [0.5, 0.6) is 0 Å². The fourth-order valence-electron chi connectivity index (χ4n) is 6.96. The van der Waals surface area contributed by atoms with Gasteiger partial charge in [-0.3, -0.25) is 0 Å². The van der Waals surface area contributed by atoms with Crippen molar-refractivity contribution in [2.45, 2.75) is 0 Å². The molecule has 0 radical (unpaired) electrons. The zero-order valence-corrected chi connectivity index (χ0v) is 31.1. The van der Waals surface area contributed by atoms with Crippen molar-refractivity contribution < 1.29 is 0 Å². The quantitative estimate of drug-likeness (QED) is 0.151. The highest BCUT2D eigenvalue weighted by molar-refractivity contribution is 7.25. The summed E-state index contributed by atoms with van der Waals surface area (Å²) in [5.41, 5.74) is 7.93. The summed E-state index contributed by atoms with van der Waals surface area (Å²) in [4.78, 5) is 33.5. The van der Waals surface area contributed by atoms with Gasteiger partial charge >= 0.3 is 0 Å². The molecule has 0 atom stereocenters. The maximum Gasteiger partial charge on any atom is 0.194 e. The molecule has 0 unspecified atom stereocenters. The van der Waals surface area contributed by atoms with Gasteiger partial charge in [0.25, 0.3) is 0 Å². The number of nitrogens with zero attached hydrogens (tertiary/aromatic N) is 7. The predicted molar refractivity (Wildman–Crippen MR) is 230 cm³/mol. The Morgan fingerprint density at radius 3 is 1.26 bits per heavy atom. The fraction of sp³-hybridized carbons (Fsp3) is 0. The van der Waals surface area contributed by atoms with Crippen molar-refractivity contribution in [2.75, 3.05) is 0 Å². The normalized spacial score (nSPS) is 11.1. The van der Waals surface area contributed by atoms with Crippen LogP contribution in [-0.2, 0) is 0 Å². The van der Waals surface area contributed by atoms with E-state index in [1.807, 2.05) is 140 Å². The van der Waals surface area contributed by atoms with Crippen LogP contribution in [0, 0.1) is 6.57 Å². The zero-order chi connectivity index (χ0) is 38.1. The molecule has 0 fully saturated rings. The summed E-state index contributed by atoms with van der Waals surface area (Å²) in [6.07, 6.45) is 0. The molecule has 0 aliphatic heterocycles. The van der Waals surface area contributed by atoms with Crippen molar-refractivity contribution in [3.8, 4) is 79.5 Å². The van der Waals surface area contributed by atoms with Gasteiger partial charge in [0.1, 0.15) is 0 Å². The molecule has 10 aromatic rings. The Hall–Kier alpha value is -7.73. The SMILES string of the molecule is [C-]#[N+]c1ccccc1-c1ccc(-c2nc(-c3ccccc3)nc(-c3ccc4sc5cc(-c6nc(-c7ccccc7)nc(-c7ccccc7)n6)ccc5c4c3)n2)cc1. The summed E-state index contributed by atoms with van der Waals surface area (Å²) in [5.74, 6) is 3.65. The first-order valence-electron chi connectivity index (χ1n) is 18.4. The van der Waals surface area contributed by atoms with Gasteiger partial charge in [-0.05, 0) is 35.4 Å². The van der Waals surface area contributed by atoms with Crippen LogP contribution < -0.4 is 0 Å². The summed E-state index contributed by atoms with van der Waals surface area (Å²) in [6, 6.07) is 58.6. The Bertz CT molecular complexity index is 3060. The molecule has 3 heterocycles. The molecule has 8 heteroatoms. The molecule has 57 heavy (non-hydrogen) atoms. The summed E-state index contributed by atoms with van der Waals surface area (Å²) < 4.78 is 2.29. The lowest BCUT2D eigenvalue weighted by atomic mass is 10.0. The van der Waals surface area contributed by atoms with Crippen molar-refractivity contribution in [3.05, 3.63) is 187 Å². The summed E-state index contributed by atoms with van der Waals surface area (Å²) in [5, 5.41) is 2.25. The Labute approximate surface area is 332 Å². The molecule has 0 amide bonds. The molecule has 0 aliphatic rings. The smallest absolute Gasteiger partial charge is 0.194 e. The van der Waals surface area contributed by atoms with Crippen LogP contribution in [0.3, 0.4) is 0 Å². The van der Waals surface area contributed by atoms with E-state index < -0.39 is 0 Å². The fourth-order valence-corrected chi connectivity index (χ4v) is 8.08. The van der Waals surface area contributed by atoms with E-state index in [-0.39, 0.29) is 0 Å². The third kappa shape index (κ3) is 6.59. The van der Waals surface area contributed by atoms with Crippen LogP contribution in [0.15, 0.2) is 176 Å². The van der Waals surface area contributed by atoms with Gasteiger partial charge in [0.05, 0.1) is 6.57 Å². The maximum absolute atomic E-state index is 7.61. The number of thiophene rings is 1. The van der Waals surface area contributed by atoms with Gasteiger partial charge in [0.15, 0.2) is 40.6 Å². The first-order valence-corrected chi connectivity index (χ1v) is 19.2. The first kappa shape index (κ1) is 33.8. The van der Waals surface area contributed by atoms with Gasteiger partial charge in [-0.1, -0.05) is 152 Å². The minimum absolute atomic E-state index is 0.575. The molecule has 0 aliphatic carbocycles. The maximum atomic E-state index is 7.61. The highest BCUT2D eigenvalue weighted by Gasteiger charge is 2.17. The Kier molecular flexibility index (Phi) is 8.60. The van der Waals surface area contributed by atoms with E-state index in [0.717, 1.165) is 64.7 Å². The van der Waals surface area contributed by atoms with Crippen LogP contribution in [0.25, 0.3) is 104 Å². The average Bonchev–Trinajstić information content (AvgIpc) is 3.67. The van der Waals surface area contributed by atoms with Gasteiger partial charge in [0.2, 0.25) is 0 Å². The molecular weight excluding hydrogens is 719 g/mol. The highest BCUT2D eigenvalue weighted by Crippen LogP contribution is 2.39. The van der Waals surface area contributed by atoms with Gasteiger partial charge < -0.3 is 0 Å². The molecule has 0 N–H and O–H groups in total. The average molecular weight is 748 g/mol. The monoisotopic (exact) mass is 747 g/mol. The van der Waals surface area contributed by atoms with Gasteiger partial charge in [-0.15, -0.1) is 11.3 Å². The van der Waals surface area contributed by atoms with Crippen LogP contribution in [-0.4, -0.2) is 29.9 Å². The van der Waals surface area contributed by atoms with Crippen molar-refractivity contribution in [1.29, 1.82) is 0 Å². The molecule has 0 spiro atoms. The number of rotatable bonds is 7. The van der Waals surface area contributed by atoms with Gasteiger partial charge in [-0.2, -0.15) is 0 Å². The minimum Gasteiger partial charge on any atom is -0.238 e. The second-order valence-corrected chi connectivity index (χ2v) is 14.5. The van der Waals surface area contributed by atoms with Gasteiger partial charge in [0, 0.05) is 53.6 Å². The topological polar surface area (TPSA) is 81.7 Å². The molecule has 0 bridgehead atoms. The van der Waals surface area contributed by atoms with Crippen molar-refractivity contribution in [1.82, 2.24) is 29.9 Å². The lowest BCUT2D eigenvalue weighted by Crippen LogP contribution is -2.00.